The quantitative estimate of drug-likeness (QED) is 0.424. The summed E-state index contributed by atoms with van der Waals surface area (Å²) in [4.78, 5) is 15.2. The van der Waals surface area contributed by atoms with E-state index in [4.69, 9.17) is 16.0 Å². The van der Waals surface area contributed by atoms with Gasteiger partial charge in [-0.2, -0.15) is 0 Å². The highest BCUT2D eigenvalue weighted by Gasteiger charge is 2.27. The monoisotopic (exact) mass is 470 g/mol. The van der Waals surface area contributed by atoms with Crippen LogP contribution in [0.4, 0.5) is 11.6 Å². The predicted molar refractivity (Wildman–Crippen MR) is 133 cm³/mol. The fourth-order valence-corrected chi connectivity index (χ4v) is 4.59. The molecule has 3 N–H and O–H groups in total. The number of anilines is 2. The molecule has 1 unspecified atom stereocenters. The molecule has 2 heterocycles. The van der Waals surface area contributed by atoms with Crippen LogP contribution in [0, 0.1) is 12.3 Å². The number of hydrogen-bond acceptors (Lipinski definition) is 6. The Hall–Kier alpha value is -2.54. The topological polar surface area (TPSA) is 85.9 Å². The van der Waals surface area contributed by atoms with Crippen molar-refractivity contribution in [2.24, 2.45) is 5.41 Å². The lowest BCUT2D eigenvalue weighted by Crippen LogP contribution is -2.37. The molecular formula is C26H31ClN2O4. The first-order chi connectivity index (χ1) is 15.5. The molecule has 1 aliphatic heterocycles. The van der Waals surface area contributed by atoms with E-state index in [0.29, 0.717) is 38.5 Å². The van der Waals surface area contributed by atoms with E-state index in [-0.39, 0.29) is 11.5 Å². The molecule has 0 spiro atoms. The number of piperidine rings is 1. The van der Waals surface area contributed by atoms with E-state index in [1.54, 1.807) is 24.3 Å². The Bertz CT molecular complexity index is 1220. The summed E-state index contributed by atoms with van der Waals surface area (Å²) >= 11 is 6.15. The Morgan fingerprint density at radius 3 is 2.45 bits per heavy atom. The predicted octanol–water partition coefficient (Wildman–Crippen LogP) is 5.54. The summed E-state index contributed by atoms with van der Waals surface area (Å²) in [7, 11) is 0. The normalized spacial score (nSPS) is 16.9. The van der Waals surface area contributed by atoms with E-state index >= 15 is 0 Å². The maximum atomic E-state index is 13.1. The minimum atomic E-state index is -1.64. The summed E-state index contributed by atoms with van der Waals surface area (Å²) < 4.78 is 6.36. The molecule has 1 aromatic heterocycles. The van der Waals surface area contributed by atoms with Crippen LogP contribution in [0.2, 0.25) is 5.02 Å². The molecule has 176 valence electrons. The first-order valence-electron chi connectivity index (χ1n) is 11.3. The highest BCUT2D eigenvalue weighted by molar-refractivity contribution is 6.30. The maximum Gasteiger partial charge on any atom is 0.200 e. The highest BCUT2D eigenvalue weighted by Crippen LogP contribution is 2.35. The SMILES string of the molecule is Cc1cc(C(C)Nc2cc(Cl)ccc2C(O)O)c2oc(N3CCC(C)(C)CC3)cc(=O)c2c1. The molecular weight excluding hydrogens is 440 g/mol. The van der Waals surface area contributed by atoms with E-state index in [2.05, 4.69) is 24.1 Å². The number of hydrogen-bond donors (Lipinski definition) is 3. The number of nitrogens with zero attached hydrogens (tertiary/aromatic N) is 1. The van der Waals surface area contributed by atoms with Gasteiger partial charge in [-0.3, -0.25) is 4.79 Å². The minimum absolute atomic E-state index is 0.0672. The molecule has 2 aromatic carbocycles. The lowest BCUT2D eigenvalue weighted by Gasteiger charge is -2.37. The van der Waals surface area contributed by atoms with E-state index < -0.39 is 6.29 Å². The van der Waals surface area contributed by atoms with Crippen molar-refractivity contribution in [3.63, 3.8) is 0 Å². The van der Waals surface area contributed by atoms with E-state index in [1.165, 1.54) is 0 Å². The Morgan fingerprint density at radius 1 is 1.09 bits per heavy atom. The second-order valence-electron chi connectivity index (χ2n) is 9.80. The van der Waals surface area contributed by atoms with Gasteiger partial charge in [-0.1, -0.05) is 37.6 Å². The van der Waals surface area contributed by atoms with Crippen molar-refractivity contribution in [2.45, 2.75) is 52.9 Å². The highest BCUT2D eigenvalue weighted by atomic mass is 35.5. The summed E-state index contributed by atoms with van der Waals surface area (Å²) in [6, 6.07) is 9.99. The first kappa shape index (κ1) is 23.6. The van der Waals surface area contributed by atoms with Gasteiger partial charge in [0.2, 0.25) is 0 Å². The molecule has 1 fully saturated rings. The van der Waals surface area contributed by atoms with Crippen LogP contribution in [0.25, 0.3) is 11.0 Å². The molecule has 33 heavy (non-hydrogen) atoms. The summed E-state index contributed by atoms with van der Waals surface area (Å²) in [6.45, 7) is 10.1. The van der Waals surface area contributed by atoms with E-state index in [1.807, 2.05) is 26.0 Å². The van der Waals surface area contributed by atoms with Gasteiger partial charge < -0.3 is 24.8 Å². The van der Waals surface area contributed by atoms with Crippen molar-refractivity contribution < 1.29 is 14.6 Å². The Morgan fingerprint density at radius 2 is 1.79 bits per heavy atom. The number of aliphatic hydroxyl groups excluding tert-OH is 1. The number of nitrogens with one attached hydrogen (secondary N) is 1. The second kappa shape index (κ2) is 9.01. The van der Waals surface area contributed by atoms with Crippen molar-refractivity contribution in [1.29, 1.82) is 0 Å². The lowest BCUT2D eigenvalue weighted by molar-refractivity contribution is -0.0419. The largest absolute Gasteiger partial charge is 0.440 e. The maximum absolute atomic E-state index is 13.1. The molecule has 0 aliphatic carbocycles. The number of halogens is 1. The lowest BCUT2D eigenvalue weighted by atomic mass is 9.83. The van der Waals surface area contributed by atoms with Crippen LogP contribution in [0.1, 0.15) is 62.6 Å². The number of aryl methyl sites for hydroxylation is 1. The molecule has 1 aliphatic rings. The van der Waals surface area contributed by atoms with Crippen molar-refractivity contribution in [3.8, 4) is 0 Å². The molecule has 1 saturated heterocycles. The first-order valence-corrected chi connectivity index (χ1v) is 11.7. The van der Waals surface area contributed by atoms with Crippen molar-refractivity contribution in [3.05, 3.63) is 68.3 Å². The fraction of sp³-hybridized carbons (Fsp3) is 0.423. The van der Waals surface area contributed by atoms with Crippen LogP contribution in [-0.2, 0) is 0 Å². The van der Waals surface area contributed by atoms with Gasteiger partial charge in [-0.05, 0) is 55.9 Å². The van der Waals surface area contributed by atoms with Gasteiger partial charge in [0, 0.05) is 41.0 Å². The number of benzene rings is 2. The molecule has 4 rings (SSSR count). The van der Waals surface area contributed by atoms with Crippen LogP contribution in [0.3, 0.4) is 0 Å². The summed E-state index contributed by atoms with van der Waals surface area (Å²) in [5.74, 6) is 0.592. The van der Waals surface area contributed by atoms with Gasteiger partial charge in [0.25, 0.3) is 0 Å². The minimum Gasteiger partial charge on any atom is -0.440 e. The molecule has 0 amide bonds. The second-order valence-corrected chi connectivity index (χ2v) is 10.2. The number of rotatable bonds is 5. The summed E-state index contributed by atoms with van der Waals surface area (Å²) in [6.07, 6.45) is 0.433. The summed E-state index contributed by atoms with van der Waals surface area (Å²) in [5, 5.41) is 23.8. The Labute approximate surface area is 198 Å². The summed E-state index contributed by atoms with van der Waals surface area (Å²) in [5.41, 5.74) is 3.36. The van der Waals surface area contributed by atoms with Gasteiger partial charge in [0.05, 0.1) is 11.4 Å². The van der Waals surface area contributed by atoms with Crippen molar-refractivity contribution in [1.82, 2.24) is 0 Å². The Kier molecular flexibility index (Phi) is 6.45. The van der Waals surface area contributed by atoms with E-state index in [0.717, 1.165) is 37.1 Å². The zero-order valence-corrected chi connectivity index (χ0v) is 20.2. The van der Waals surface area contributed by atoms with Gasteiger partial charge in [-0.15, -0.1) is 0 Å². The smallest absolute Gasteiger partial charge is 0.200 e. The van der Waals surface area contributed by atoms with Crippen LogP contribution in [0.5, 0.6) is 0 Å². The van der Waals surface area contributed by atoms with Gasteiger partial charge in [-0.25, -0.2) is 0 Å². The molecule has 0 radical (unpaired) electrons. The third-order valence-corrected chi connectivity index (χ3v) is 6.78. The molecule has 3 aromatic rings. The molecule has 0 bridgehead atoms. The average Bonchev–Trinajstić information content (AvgIpc) is 2.73. The zero-order valence-electron chi connectivity index (χ0n) is 19.5. The number of fused-ring (bicyclic) bond motifs is 1. The van der Waals surface area contributed by atoms with Gasteiger partial charge >= 0.3 is 0 Å². The third kappa shape index (κ3) is 5.03. The van der Waals surface area contributed by atoms with Crippen LogP contribution in [0.15, 0.2) is 45.6 Å². The van der Waals surface area contributed by atoms with Crippen molar-refractivity contribution in [2.75, 3.05) is 23.3 Å². The average molecular weight is 471 g/mol. The van der Waals surface area contributed by atoms with Crippen molar-refractivity contribution >= 4 is 34.1 Å². The molecule has 7 heteroatoms. The standard InChI is InChI=1S/C26H31ClN2O4/c1-15-11-19(16(2)28-21-13-17(27)5-6-18(21)25(31)32)24-20(12-15)22(30)14-23(33-24)29-9-7-26(3,4)8-10-29/h5-6,11-14,16,25,28,31-32H,7-10H2,1-4H3. The fourth-order valence-electron chi connectivity index (χ4n) is 4.42. The molecule has 0 saturated carbocycles. The Balaban J connectivity index is 1.75. The van der Waals surface area contributed by atoms with Gasteiger partial charge in [0.15, 0.2) is 17.6 Å². The van der Waals surface area contributed by atoms with Gasteiger partial charge in [0.1, 0.15) is 5.58 Å². The van der Waals surface area contributed by atoms with Crippen LogP contribution in [-0.4, -0.2) is 23.3 Å². The zero-order chi connectivity index (χ0) is 23.9. The third-order valence-electron chi connectivity index (χ3n) is 6.55. The van der Waals surface area contributed by atoms with E-state index in [9.17, 15) is 15.0 Å². The molecule has 1 atom stereocenters. The molecule has 6 nitrogen and oxygen atoms in total. The van der Waals surface area contributed by atoms with Crippen LogP contribution < -0.4 is 15.6 Å². The number of aliphatic hydroxyl groups is 2. The van der Waals surface area contributed by atoms with Crippen LogP contribution >= 0.6 is 11.6 Å².